The molecule has 0 aromatic heterocycles. The highest BCUT2D eigenvalue weighted by atomic mass is 35.5. The highest BCUT2D eigenvalue weighted by Gasteiger charge is 2.35. The fourth-order valence-electron chi connectivity index (χ4n) is 3.38. The van der Waals surface area contributed by atoms with E-state index in [0.29, 0.717) is 28.4 Å². The third-order valence-corrected chi connectivity index (χ3v) is 7.93. The van der Waals surface area contributed by atoms with Gasteiger partial charge < -0.3 is 10.2 Å². The van der Waals surface area contributed by atoms with E-state index in [1.807, 2.05) is 6.92 Å². The molecular formula is C24H27Cl3F3N3O4S. The number of nitrogens with zero attached hydrogens (tertiary/aromatic N) is 2. The van der Waals surface area contributed by atoms with E-state index >= 15 is 0 Å². The molecule has 2 atom stereocenters. The van der Waals surface area contributed by atoms with E-state index in [9.17, 15) is 31.2 Å². The highest BCUT2D eigenvalue weighted by Crippen LogP contribution is 2.36. The van der Waals surface area contributed by atoms with Crippen LogP contribution in [0.25, 0.3) is 0 Å². The molecule has 0 fully saturated rings. The summed E-state index contributed by atoms with van der Waals surface area (Å²) in [5.41, 5.74) is -1.39. The molecule has 38 heavy (non-hydrogen) atoms. The Bertz CT molecular complexity index is 1270. The lowest BCUT2D eigenvalue weighted by atomic mass is 10.1. The zero-order chi connectivity index (χ0) is 29.0. The molecule has 2 unspecified atom stereocenters. The minimum Gasteiger partial charge on any atom is -0.352 e. The number of halogens is 6. The van der Waals surface area contributed by atoms with Gasteiger partial charge in [0.2, 0.25) is 21.8 Å². The molecular weight excluding hydrogens is 590 g/mol. The molecule has 2 amide bonds. The average molecular weight is 617 g/mol. The minimum absolute atomic E-state index is 0.200. The number of amides is 2. The number of carbonyl (C=O) groups is 2. The van der Waals surface area contributed by atoms with Gasteiger partial charge in [-0.1, -0.05) is 47.8 Å². The summed E-state index contributed by atoms with van der Waals surface area (Å²) in [6, 6.07) is 5.43. The number of sulfonamides is 1. The summed E-state index contributed by atoms with van der Waals surface area (Å²) in [7, 11) is -4.31. The molecule has 14 heteroatoms. The second-order valence-electron chi connectivity index (χ2n) is 8.65. The van der Waals surface area contributed by atoms with Crippen molar-refractivity contribution in [3.63, 3.8) is 0 Å². The number of rotatable bonds is 10. The molecule has 0 spiro atoms. The lowest BCUT2D eigenvalue weighted by Gasteiger charge is -2.32. The molecule has 210 valence electrons. The molecule has 0 radical (unpaired) electrons. The van der Waals surface area contributed by atoms with Crippen molar-refractivity contribution in [2.75, 3.05) is 17.1 Å². The van der Waals surface area contributed by atoms with Crippen LogP contribution in [0.4, 0.5) is 18.9 Å². The topological polar surface area (TPSA) is 86.8 Å². The molecule has 0 aliphatic heterocycles. The Kier molecular flexibility index (Phi) is 10.7. The third kappa shape index (κ3) is 8.14. The summed E-state index contributed by atoms with van der Waals surface area (Å²) in [4.78, 5) is 27.6. The SMILES string of the molecule is CCC(C)NC(=O)C(C)N(Cc1c(Cl)cccc1Cl)C(=O)CN(c1cc(C(F)(F)F)ccc1Cl)S(C)(=O)=O. The maximum Gasteiger partial charge on any atom is 0.416 e. The number of benzene rings is 2. The monoisotopic (exact) mass is 615 g/mol. The molecule has 0 saturated heterocycles. The second-order valence-corrected chi connectivity index (χ2v) is 11.8. The first-order valence-corrected chi connectivity index (χ1v) is 14.3. The standard InChI is InChI=1S/C24H27Cl3F3N3O4S/c1-5-14(2)31-23(35)15(3)32(12-17-18(25)7-6-8-19(17)26)22(34)13-33(38(4,36)37)21-11-16(24(28,29)30)9-10-20(21)27/h6-11,14-15H,5,12-13H2,1-4H3,(H,31,35). The van der Waals surface area contributed by atoms with E-state index in [-0.39, 0.29) is 27.7 Å². The average Bonchev–Trinajstić information content (AvgIpc) is 2.80. The maximum absolute atomic E-state index is 13.6. The van der Waals surface area contributed by atoms with Gasteiger partial charge in [0.1, 0.15) is 12.6 Å². The van der Waals surface area contributed by atoms with Crippen LogP contribution in [0, 0.1) is 0 Å². The molecule has 2 rings (SSSR count). The lowest BCUT2D eigenvalue weighted by Crippen LogP contribution is -2.52. The maximum atomic E-state index is 13.6. The molecule has 0 bridgehead atoms. The number of nitrogens with one attached hydrogen (secondary N) is 1. The number of alkyl halides is 3. The zero-order valence-electron chi connectivity index (χ0n) is 20.9. The molecule has 0 heterocycles. The van der Waals surface area contributed by atoms with Crippen LogP contribution in [0.2, 0.25) is 15.1 Å². The Morgan fingerprint density at radius 2 is 1.61 bits per heavy atom. The van der Waals surface area contributed by atoms with Crippen LogP contribution < -0.4 is 9.62 Å². The van der Waals surface area contributed by atoms with Gasteiger partial charge in [-0.2, -0.15) is 13.2 Å². The number of hydrogen-bond acceptors (Lipinski definition) is 4. The van der Waals surface area contributed by atoms with E-state index in [2.05, 4.69) is 5.32 Å². The largest absolute Gasteiger partial charge is 0.416 e. The Labute approximate surface area is 234 Å². The summed E-state index contributed by atoms with van der Waals surface area (Å²) in [6.07, 6.45) is -3.45. The van der Waals surface area contributed by atoms with Crippen LogP contribution in [-0.2, 0) is 32.3 Å². The van der Waals surface area contributed by atoms with E-state index in [4.69, 9.17) is 34.8 Å². The van der Waals surface area contributed by atoms with Gasteiger partial charge in [0, 0.05) is 28.2 Å². The molecule has 2 aromatic carbocycles. The minimum atomic E-state index is -4.79. The van der Waals surface area contributed by atoms with E-state index in [1.54, 1.807) is 13.0 Å². The van der Waals surface area contributed by atoms with Gasteiger partial charge in [-0.25, -0.2) is 8.42 Å². The van der Waals surface area contributed by atoms with Crippen molar-refractivity contribution in [1.82, 2.24) is 10.2 Å². The highest BCUT2D eigenvalue weighted by molar-refractivity contribution is 7.92. The smallest absolute Gasteiger partial charge is 0.352 e. The van der Waals surface area contributed by atoms with Crippen LogP contribution in [0.5, 0.6) is 0 Å². The third-order valence-electron chi connectivity index (χ3n) is 5.78. The summed E-state index contributed by atoms with van der Waals surface area (Å²) in [6.45, 7) is 3.83. The Morgan fingerprint density at radius 3 is 2.11 bits per heavy atom. The van der Waals surface area contributed by atoms with Crippen molar-refractivity contribution in [3.8, 4) is 0 Å². The van der Waals surface area contributed by atoms with Crippen molar-refractivity contribution in [1.29, 1.82) is 0 Å². The van der Waals surface area contributed by atoms with Gasteiger partial charge in [-0.3, -0.25) is 13.9 Å². The summed E-state index contributed by atoms with van der Waals surface area (Å²) in [5.74, 6) is -1.43. The quantitative estimate of drug-likeness (QED) is 0.368. The van der Waals surface area contributed by atoms with E-state index in [0.717, 1.165) is 17.2 Å². The van der Waals surface area contributed by atoms with Gasteiger partial charge in [0.15, 0.2) is 0 Å². The molecule has 0 aliphatic rings. The van der Waals surface area contributed by atoms with Gasteiger partial charge in [0.25, 0.3) is 0 Å². The number of carbonyl (C=O) groups excluding carboxylic acids is 2. The van der Waals surface area contributed by atoms with Gasteiger partial charge >= 0.3 is 6.18 Å². The van der Waals surface area contributed by atoms with Crippen LogP contribution in [0.3, 0.4) is 0 Å². The van der Waals surface area contributed by atoms with Crippen molar-refractivity contribution in [2.45, 2.75) is 52.0 Å². The van der Waals surface area contributed by atoms with Crippen molar-refractivity contribution >= 4 is 62.3 Å². The number of hydrogen-bond donors (Lipinski definition) is 1. The summed E-state index contributed by atoms with van der Waals surface area (Å²) < 4.78 is 65.8. The Morgan fingerprint density at radius 1 is 1.03 bits per heavy atom. The lowest BCUT2D eigenvalue weighted by molar-refractivity contribution is -0.139. The predicted octanol–water partition coefficient (Wildman–Crippen LogP) is 5.76. The van der Waals surface area contributed by atoms with Crippen LogP contribution in [0.15, 0.2) is 36.4 Å². The van der Waals surface area contributed by atoms with Crippen molar-refractivity contribution < 1.29 is 31.2 Å². The fraction of sp³-hybridized carbons (Fsp3) is 0.417. The molecule has 0 saturated carbocycles. The first-order valence-electron chi connectivity index (χ1n) is 11.3. The second kappa shape index (κ2) is 12.8. The van der Waals surface area contributed by atoms with Gasteiger partial charge in [-0.15, -0.1) is 0 Å². The van der Waals surface area contributed by atoms with Gasteiger partial charge in [-0.05, 0) is 50.6 Å². The Hall–Kier alpha value is -2.21. The van der Waals surface area contributed by atoms with Gasteiger partial charge in [0.05, 0.1) is 22.5 Å². The first kappa shape index (κ1) is 32.0. The summed E-state index contributed by atoms with van der Waals surface area (Å²) in [5, 5.41) is 2.83. The summed E-state index contributed by atoms with van der Waals surface area (Å²) >= 11 is 18.6. The molecule has 0 aliphatic carbocycles. The molecule has 2 aromatic rings. The van der Waals surface area contributed by atoms with Crippen LogP contribution in [-0.4, -0.2) is 50.0 Å². The predicted molar refractivity (Wildman–Crippen MR) is 143 cm³/mol. The van der Waals surface area contributed by atoms with E-state index in [1.165, 1.54) is 19.1 Å². The normalized spacial score (nSPS) is 13.5. The van der Waals surface area contributed by atoms with E-state index < -0.39 is 51.9 Å². The first-order chi connectivity index (χ1) is 17.5. The van der Waals surface area contributed by atoms with Crippen molar-refractivity contribution in [2.24, 2.45) is 0 Å². The number of anilines is 1. The Balaban J connectivity index is 2.55. The van der Waals surface area contributed by atoms with Crippen LogP contribution >= 0.6 is 34.8 Å². The fourth-order valence-corrected chi connectivity index (χ4v) is 5.02. The van der Waals surface area contributed by atoms with Crippen molar-refractivity contribution in [3.05, 3.63) is 62.6 Å². The van der Waals surface area contributed by atoms with Crippen LogP contribution in [0.1, 0.15) is 38.3 Å². The zero-order valence-corrected chi connectivity index (χ0v) is 24.0. The molecule has 1 N–H and O–H groups in total. The molecule has 7 nitrogen and oxygen atoms in total.